The molecule has 0 N–H and O–H groups in total. The molecule has 4 rings (SSSR count). The minimum atomic E-state index is -0.248. The quantitative estimate of drug-likeness (QED) is 0.573. The topological polar surface area (TPSA) is 49.9 Å². The fraction of sp³-hybridized carbons (Fsp3) is 0.360. The van der Waals surface area contributed by atoms with Crippen molar-refractivity contribution in [3.05, 3.63) is 63.6 Å². The molecule has 0 atom stereocenters. The van der Waals surface area contributed by atoms with Crippen molar-refractivity contribution in [3.8, 4) is 5.75 Å². The minimum absolute atomic E-state index is 0.238. The summed E-state index contributed by atoms with van der Waals surface area (Å²) in [6, 6.07) is 12.3. The molecule has 0 saturated carbocycles. The summed E-state index contributed by atoms with van der Waals surface area (Å²) < 4.78 is 5.83. The van der Waals surface area contributed by atoms with Gasteiger partial charge in [-0.25, -0.2) is 0 Å². The van der Waals surface area contributed by atoms with E-state index in [0.717, 1.165) is 52.9 Å². The van der Waals surface area contributed by atoms with Crippen LogP contribution in [0.25, 0.3) is 6.08 Å². The average Bonchev–Trinajstić information content (AvgIpc) is 3.36. The molecular formula is C25H28N2O3S. The lowest BCUT2D eigenvalue weighted by Gasteiger charge is -2.18. The number of benzene rings is 2. The van der Waals surface area contributed by atoms with Gasteiger partial charge in [0.15, 0.2) is 0 Å². The molecule has 2 aromatic carbocycles. The Balaban J connectivity index is 1.41. The third-order valence-electron chi connectivity index (χ3n) is 5.80. The van der Waals surface area contributed by atoms with Crippen molar-refractivity contribution >= 4 is 34.7 Å². The summed E-state index contributed by atoms with van der Waals surface area (Å²) in [6.45, 7) is 8.75. The molecule has 2 aromatic rings. The normalized spacial score (nSPS) is 17.8. The molecule has 5 nitrogen and oxygen atoms in total. The first-order chi connectivity index (χ1) is 14.9. The van der Waals surface area contributed by atoms with Crippen LogP contribution in [-0.4, -0.2) is 42.3 Å². The van der Waals surface area contributed by atoms with Gasteiger partial charge in [0.25, 0.3) is 11.1 Å². The van der Waals surface area contributed by atoms with E-state index < -0.39 is 0 Å². The van der Waals surface area contributed by atoms with Gasteiger partial charge in [0, 0.05) is 18.8 Å². The molecule has 6 heteroatoms. The number of rotatable bonds is 6. The number of imide groups is 1. The zero-order valence-electron chi connectivity index (χ0n) is 18.3. The summed E-state index contributed by atoms with van der Waals surface area (Å²) in [7, 11) is 0. The Morgan fingerprint density at radius 3 is 2.52 bits per heavy atom. The third kappa shape index (κ3) is 4.79. The molecule has 0 spiro atoms. The smallest absolute Gasteiger partial charge is 0.293 e. The zero-order valence-corrected chi connectivity index (χ0v) is 19.1. The molecule has 0 aliphatic carbocycles. The van der Waals surface area contributed by atoms with Crippen molar-refractivity contribution in [2.45, 2.75) is 33.6 Å². The van der Waals surface area contributed by atoms with E-state index in [1.54, 1.807) is 0 Å². The van der Waals surface area contributed by atoms with E-state index in [2.05, 4.69) is 17.0 Å². The van der Waals surface area contributed by atoms with Gasteiger partial charge in [-0.05, 0) is 91.9 Å². The number of hydrogen-bond acceptors (Lipinski definition) is 5. The SMILES string of the molecule is Cc1ccc(C)c(OCCN2C(=O)S/C(=C\c3ccc(N4CCCC4)cc3C)C2=O)c1. The third-order valence-corrected chi connectivity index (χ3v) is 6.71. The average molecular weight is 437 g/mol. The summed E-state index contributed by atoms with van der Waals surface area (Å²) in [5.74, 6) is 0.541. The van der Waals surface area contributed by atoms with Crippen LogP contribution in [0.1, 0.15) is 35.1 Å². The highest BCUT2D eigenvalue weighted by molar-refractivity contribution is 8.18. The van der Waals surface area contributed by atoms with Gasteiger partial charge in [0.2, 0.25) is 0 Å². The van der Waals surface area contributed by atoms with Crippen molar-refractivity contribution in [1.29, 1.82) is 0 Å². The number of carbonyl (C=O) groups is 2. The van der Waals surface area contributed by atoms with Gasteiger partial charge in [0.05, 0.1) is 11.4 Å². The summed E-state index contributed by atoms with van der Waals surface area (Å²) in [4.78, 5) is 29.4. The number of carbonyl (C=O) groups excluding carboxylic acids is 2. The zero-order chi connectivity index (χ0) is 22.0. The second-order valence-electron chi connectivity index (χ2n) is 8.19. The number of thioether (sulfide) groups is 1. The molecule has 2 saturated heterocycles. The molecule has 0 unspecified atom stereocenters. The van der Waals surface area contributed by atoms with Crippen LogP contribution in [0.5, 0.6) is 5.75 Å². The Bertz CT molecular complexity index is 1040. The van der Waals surface area contributed by atoms with Crippen molar-refractivity contribution in [1.82, 2.24) is 4.90 Å². The highest BCUT2D eigenvalue weighted by Gasteiger charge is 2.35. The lowest BCUT2D eigenvalue weighted by molar-refractivity contribution is -0.123. The first-order valence-corrected chi connectivity index (χ1v) is 11.5. The molecule has 2 amide bonds. The van der Waals surface area contributed by atoms with Gasteiger partial charge in [-0.1, -0.05) is 18.2 Å². The van der Waals surface area contributed by atoms with Crippen LogP contribution in [0, 0.1) is 20.8 Å². The van der Waals surface area contributed by atoms with Crippen LogP contribution in [0.3, 0.4) is 0 Å². The van der Waals surface area contributed by atoms with Gasteiger partial charge in [0.1, 0.15) is 12.4 Å². The first-order valence-electron chi connectivity index (χ1n) is 10.7. The molecule has 2 heterocycles. The summed E-state index contributed by atoms with van der Waals surface area (Å²) in [6.07, 6.45) is 4.31. The Morgan fingerprint density at radius 2 is 1.77 bits per heavy atom. The summed E-state index contributed by atoms with van der Waals surface area (Å²) in [5, 5.41) is -0.243. The predicted molar refractivity (Wildman–Crippen MR) is 127 cm³/mol. The number of aryl methyl sites for hydroxylation is 3. The maximum Gasteiger partial charge on any atom is 0.293 e. The van der Waals surface area contributed by atoms with E-state index in [4.69, 9.17) is 4.74 Å². The molecule has 0 aromatic heterocycles. The van der Waals surface area contributed by atoms with Gasteiger partial charge in [-0.15, -0.1) is 0 Å². The Labute approximate surface area is 188 Å². The molecule has 2 aliphatic rings. The lowest BCUT2D eigenvalue weighted by atomic mass is 10.1. The van der Waals surface area contributed by atoms with Crippen LogP contribution < -0.4 is 9.64 Å². The molecule has 31 heavy (non-hydrogen) atoms. The first kappa shape index (κ1) is 21.5. The van der Waals surface area contributed by atoms with Gasteiger partial charge in [-0.3, -0.25) is 14.5 Å². The van der Waals surface area contributed by atoms with E-state index in [9.17, 15) is 9.59 Å². The molecule has 0 bridgehead atoms. The van der Waals surface area contributed by atoms with Gasteiger partial charge < -0.3 is 9.64 Å². The fourth-order valence-electron chi connectivity index (χ4n) is 3.94. The van der Waals surface area contributed by atoms with Gasteiger partial charge >= 0.3 is 0 Å². The number of ether oxygens (including phenoxy) is 1. The van der Waals surface area contributed by atoms with Crippen LogP contribution in [-0.2, 0) is 4.79 Å². The van der Waals surface area contributed by atoms with Gasteiger partial charge in [-0.2, -0.15) is 0 Å². The van der Waals surface area contributed by atoms with E-state index in [1.807, 2.05) is 51.1 Å². The van der Waals surface area contributed by atoms with Crippen LogP contribution in [0.4, 0.5) is 10.5 Å². The monoisotopic (exact) mass is 436 g/mol. The van der Waals surface area contributed by atoms with Crippen molar-refractivity contribution in [2.75, 3.05) is 31.1 Å². The number of amides is 2. The number of hydrogen-bond donors (Lipinski definition) is 0. The van der Waals surface area contributed by atoms with Crippen molar-refractivity contribution in [2.24, 2.45) is 0 Å². The highest BCUT2D eigenvalue weighted by Crippen LogP contribution is 2.33. The van der Waals surface area contributed by atoms with Crippen molar-refractivity contribution < 1.29 is 14.3 Å². The van der Waals surface area contributed by atoms with E-state index >= 15 is 0 Å². The lowest BCUT2D eigenvalue weighted by Crippen LogP contribution is -2.32. The standard InChI is InChI=1S/C25H28N2O3S/c1-17-6-7-18(2)22(14-17)30-13-12-27-24(28)23(31-25(27)29)16-20-8-9-21(15-19(20)3)26-10-4-5-11-26/h6-9,14-16H,4-5,10-13H2,1-3H3/b23-16-. The minimum Gasteiger partial charge on any atom is -0.491 e. The van der Waals surface area contributed by atoms with E-state index in [1.165, 1.54) is 23.4 Å². The van der Waals surface area contributed by atoms with Crippen LogP contribution in [0.2, 0.25) is 0 Å². The maximum atomic E-state index is 12.8. The Hall–Kier alpha value is -2.73. The summed E-state index contributed by atoms with van der Waals surface area (Å²) in [5.41, 5.74) is 5.45. The van der Waals surface area contributed by atoms with E-state index in [0.29, 0.717) is 4.91 Å². The Kier molecular flexibility index (Phi) is 6.37. The molecular weight excluding hydrogens is 408 g/mol. The Morgan fingerprint density at radius 1 is 1.00 bits per heavy atom. The molecule has 162 valence electrons. The van der Waals surface area contributed by atoms with Crippen LogP contribution in [0.15, 0.2) is 41.3 Å². The maximum absolute atomic E-state index is 12.8. The molecule has 2 aliphatic heterocycles. The van der Waals surface area contributed by atoms with E-state index in [-0.39, 0.29) is 24.3 Å². The number of nitrogens with zero attached hydrogens (tertiary/aromatic N) is 2. The second-order valence-corrected chi connectivity index (χ2v) is 9.18. The summed E-state index contributed by atoms with van der Waals surface area (Å²) >= 11 is 0.999. The second kappa shape index (κ2) is 9.18. The van der Waals surface area contributed by atoms with Crippen molar-refractivity contribution in [3.63, 3.8) is 0 Å². The molecule has 0 radical (unpaired) electrons. The highest BCUT2D eigenvalue weighted by atomic mass is 32.2. The largest absolute Gasteiger partial charge is 0.491 e. The number of anilines is 1. The predicted octanol–water partition coefficient (Wildman–Crippen LogP) is 5.33. The molecule has 2 fully saturated rings. The van der Waals surface area contributed by atoms with Crippen LogP contribution >= 0.6 is 11.8 Å². The fourth-order valence-corrected chi connectivity index (χ4v) is 4.79.